The highest BCUT2D eigenvalue weighted by molar-refractivity contribution is 7.47. The fraction of sp³-hybridized carbons (Fsp3) is 0.852. The average Bonchev–Trinajstić information content (AvgIpc) is 3.32. The summed E-state index contributed by atoms with van der Waals surface area (Å²) in [5.74, 6) is -0.185. The summed E-state index contributed by atoms with van der Waals surface area (Å²) in [5, 5.41) is 13.9. The Morgan fingerprint density at radius 2 is 0.829 bits per heavy atom. The standard InChI is InChI=1S/C61H117N2O6P/c1-6-8-10-12-14-16-18-20-22-24-26-28-30-31-33-35-37-39-41-43-45-47-49-51-53-55-61(65)62-59(58-69-70(66,67)68-57-56-63(3,4)5)60(64)54-52-50-48-46-44-42-40-38-36-34-32-29-27-25-23-21-19-17-15-13-11-9-7-2/h18,20,24,26,44,46,52,54,59-60,64H,6-17,19,21-23,25,27-43,45,47-51,53,55-58H2,1-5H3,(H-,62,65,66,67)/p+1/b20-18-,26-24-,46-44+,54-52+. The second kappa shape index (κ2) is 52.3. The summed E-state index contributed by atoms with van der Waals surface area (Å²) in [6, 6.07) is -0.865. The molecule has 0 saturated carbocycles. The molecule has 0 bridgehead atoms. The smallest absolute Gasteiger partial charge is 0.387 e. The molecule has 8 nitrogen and oxygen atoms in total. The van der Waals surface area contributed by atoms with Crippen LogP contribution in [0, 0.1) is 0 Å². The largest absolute Gasteiger partial charge is 0.472 e. The second-order valence-electron chi connectivity index (χ2n) is 21.7. The van der Waals surface area contributed by atoms with E-state index < -0.39 is 20.0 Å². The molecule has 412 valence electrons. The number of nitrogens with zero attached hydrogens (tertiary/aromatic N) is 1. The number of allylic oxidation sites excluding steroid dienone is 7. The van der Waals surface area contributed by atoms with Gasteiger partial charge in [-0.15, -0.1) is 0 Å². The predicted molar refractivity (Wildman–Crippen MR) is 304 cm³/mol. The van der Waals surface area contributed by atoms with Gasteiger partial charge >= 0.3 is 7.82 Å². The topological polar surface area (TPSA) is 105 Å². The lowest BCUT2D eigenvalue weighted by atomic mass is 10.0. The van der Waals surface area contributed by atoms with Gasteiger partial charge in [-0.1, -0.05) is 262 Å². The molecule has 0 aliphatic carbocycles. The van der Waals surface area contributed by atoms with Crippen molar-refractivity contribution in [2.24, 2.45) is 0 Å². The third kappa shape index (κ3) is 54.2. The molecule has 9 heteroatoms. The van der Waals surface area contributed by atoms with Crippen LogP contribution in [0.3, 0.4) is 0 Å². The van der Waals surface area contributed by atoms with E-state index >= 15 is 0 Å². The maximum atomic E-state index is 13.0. The average molecular weight is 1010 g/mol. The number of phosphoric acid groups is 1. The van der Waals surface area contributed by atoms with Gasteiger partial charge in [-0.05, 0) is 64.2 Å². The number of carbonyl (C=O) groups is 1. The number of likely N-dealkylation sites (N-methyl/N-ethyl adjacent to an activating group) is 1. The molecule has 70 heavy (non-hydrogen) atoms. The van der Waals surface area contributed by atoms with Crippen molar-refractivity contribution in [1.29, 1.82) is 0 Å². The first kappa shape index (κ1) is 68.5. The van der Waals surface area contributed by atoms with Crippen LogP contribution in [0.15, 0.2) is 48.6 Å². The van der Waals surface area contributed by atoms with Crippen LogP contribution in [-0.4, -0.2) is 73.4 Å². The number of unbranched alkanes of at least 4 members (excludes halogenated alkanes) is 36. The van der Waals surface area contributed by atoms with Gasteiger partial charge in [0, 0.05) is 6.42 Å². The van der Waals surface area contributed by atoms with Crippen molar-refractivity contribution in [1.82, 2.24) is 5.32 Å². The Bertz CT molecular complexity index is 1280. The molecular weight excluding hydrogens is 888 g/mol. The number of nitrogens with one attached hydrogen (secondary N) is 1. The number of amides is 1. The van der Waals surface area contributed by atoms with E-state index in [1.54, 1.807) is 6.08 Å². The van der Waals surface area contributed by atoms with Crippen molar-refractivity contribution >= 4 is 13.7 Å². The molecule has 0 saturated heterocycles. The lowest BCUT2D eigenvalue weighted by Crippen LogP contribution is -2.45. The molecule has 0 aliphatic rings. The highest BCUT2D eigenvalue weighted by Crippen LogP contribution is 2.43. The fourth-order valence-corrected chi connectivity index (χ4v) is 9.53. The Balaban J connectivity index is 4.22. The van der Waals surface area contributed by atoms with Gasteiger partial charge in [0.1, 0.15) is 13.2 Å². The third-order valence-corrected chi connectivity index (χ3v) is 14.5. The van der Waals surface area contributed by atoms with Crippen LogP contribution < -0.4 is 5.32 Å². The molecule has 0 rings (SSSR count). The molecule has 0 aliphatic heterocycles. The molecule has 0 aromatic heterocycles. The predicted octanol–water partition coefficient (Wildman–Crippen LogP) is 18.3. The zero-order valence-corrected chi connectivity index (χ0v) is 47.9. The molecule has 0 aromatic rings. The first-order valence-electron chi connectivity index (χ1n) is 30.0. The van der Waals surface area contributed by atoms with Crippen LogP contribution in [0.2, 0.25) is 0 Å². The SMILES string of the molecule is CCCCCCC/C=C\C/C=C\CCCCCCCCCCCCCCCC(=O)NC(COP(=O)(O)OCC[N+](C)(C)C)C(O)/C=C/CC/C=C/CCCCCCCCCCCCCCCCCCC. The number of rotatable bonds is 55. The Labute approximate surface area is 435 Å². The van der Waals surface area contributed by atoms with E-state index in [1.807, 2.05) is 27.2 Å². The number of hydrogen-bond donors (Lipinski definition) is 3. The van der Waals surface area contributed by atoms with Crippen LogP contribution in [-0.2, 0) is 18.4 Å². The molecule has 1 amide bonds. The number of quaternary nitrogens is 1. The number of aliphatic hydroxyl groups is 1. The second-order valence-corrected chi connectivity index (χ2v) is 23.2. The summed E-state index contributed by atoms with van der Waals surface area (Å²) in [6.45, 7) is 4.82. The van der Waals surface area contributed by atoms with Gasteiger partial charge in [-0.3, -0.25) is 13.8 Å². The lowest BCUT2D eigenvalue weighted by Gasteiger charge is -2.25. The highest BCUT2D eigenvalue weighted by Gasteiger charge is 2.27. The first-order chi connectivity index (χ1) is 34.0. The Morgan fingerprint density at radius 1 is 0.486 bits per heavy atom. The fourth-order valence-electron chi connectivity index (χ4n) is 8.80. The number of carbonyl (C=O) groups excluding carboxylic acids is 1. The maximum Gasteiger partial charge on any atom is 0.472 e. The summed E-state index contributed by atoms with van der Waals surface area (Å²) >= 11 is 0. The van der Waals surface area contributed by atoms with Crippen LogP contribution >= 0.6 is 7.82 Å². The first-order valence-corrected chi connectivity index (χ1v) is 31.5. The van der Waals surface area contributed by atoms with Crippen molar-refractivity contribution in [2.45, 2.75) is 296 Å². The molecule has 0 aromatic carbocycles. The Hall–Kier alpha value is -1.54. The monoisotopic (exact) mass is 1010 g/mol. The van der Waals surface area contributed by atoms with E-state index in [-0.39, 0.29) is 19.1 Å². The zero-order chi connectivity index (χ0) is 51.3. The van der Waals surface area contributed by atoms with Gasteiger partial charge < -0.3 is 19.8 Å². The molecule has 0 fully saturated rings. The number of aliphatic hydroxyl groups excluding tert-OH is 1. The Morgan fingerprint density at radius 3 is 1.23 bits per heavy atom. The van der Waals surface area contributed by atoms with E-state index in [1.165, 1.54) is 218 Å². The number of phosphoric ester groups is 1. The number of hydrogen-bond acceptors (Lipinski definition) is 5. The third-order valence-electron chi connectivity index (χ3n) is 13.5. The van der Waals surface area contributed by atoms with E-state index in [2.05, 4.69) is 55.6 Å². The van der Waals surface area contributed by atoms with Gasteiger partial charge in [-0.25, -0.2) is 4.57 Å². The van der Waals surface area contributed by atoms with Crippen molar-refractivity contribution in [3.8, 4) is 0 Å². The molecule has 0 heterocycles. The summed E-state index contributed by atoms with van der Waals surface area (Å²) in [4.78, 5) is 23.3. The van der Waals surface area contributed by atoms with Crippen molar-refractivity contribution in [2.75, 3.05) is 40.9 Å². The van der Waals surface area contributed by atoms with Gasteiger partial charge in [0.05, 0.1) is 39.9 Å². The summed E-state index contributed by atoms with van der Waals surface area (Å²) in [6.07, 6.45) is 69.3. The minimum Gasteiger partial charge on any atom is -0.387 e. The molecule has 0 radical (unpaired) electrons. The van der Waals surface area contributed by atoms with Crippen LogP contribution in [0.5, 0.6) is 0 Å². The van der Waals surface area contributed by atoms with Crippen LogP contribution in [0.4, 0.5) is 0 Å². The minimum absolute atomic E-state index is 0.0559. The molecule has 3 unspecified atom stereocenters. The summed E-state index contributed by atoms with van der Waals surface area (Å²) in [5.41, 5.74) is 0. The van der Waals surface area contributed by atoms with Crippen molar-refractivity contribution in [3.05, 3.63) is 48.6 Å². The minimum atomic E-state index is -4.36. The van der Waals surface area contributed by atoms with Gasteiger partial charge in [0.15, 0.2) is 0 Å². The van der Waals surface area contributed by atoms with Gasteiger partial charge in [0.2, 0.25) is 5.91 Å². The van der Waals surface area contributed by atoms with E-state index in [0.717, 1.165) is 44.9 Å². The summed E-state index contributed by atoms with van der Waals surface area (Å²) < 4.78 is 23.7. The van der Waals surface area contributed by atoms with Crippen LogP contribution in [0.25, 0.3) is 0 Å². The van der Waals surface area contributed by atoms with Gasteiger partial charge in [0.25, 0.3) is 0 Å². The van der Waals surface area contributed by atoms with E-state index in [0.29, 0.717) is 17.4 Å². The molecule has 3 atom stereocenters. The van der Waals surface area contributed by atoms with E-state index in [4.69, 9.17) is 9.05 Å². The van der Waals surface area contributed by atoms with Gasteiger partial charge in [-0.2, -0.15) is 0 Å². The maximum absolute atomic E-state index is 13.0. The molecule has 3 N–H and O–H groups in total. The quantitative estimate of drug-likeness (QED) is 0.0243. The summed E-state index contributed by atoms with van der Waals surface area (Å²) in [7, 11) is 1.56. The van der Waals surface area contributed by atoms with Crippen LogP contribution in [0.1, 0.15) is 284 Å². The van der Waals surface area contributed by atoms with E-state index in [9.17, 15) is 19.4 Å². The molecular formula is C61H118N2O6P+. The lowest BCUT2D eigenvalue weighted by molar-refractivity contribution is -0.870. The van der Waals surface area contributed by atoms with Crippen molar-refractivity contribution in [3.63, 3.8) is 0 Å². The normalized spacial score (nSPS) is 14.2. The zero-order valence-electron chi connectivity index (χ0n) is 47.0. The molecule has 0 spiro atoms. The Kier molecular flexibility index (Phi) is 51.2. The van der Waals surface area contributed by atoms with Crippen molar-refractivity contribution < 1.29 is 32.9 Å². The highest BCUT2D eigenvalue weighted by atomic mass is 31.2.